The van der Waals surface area contributed by atoms with Gasteiger partial charge in [0.05, 0.1) is 5.69 Å². The molecule has 3 aromatic rings. The molecule has 0 unspecified atom stereocenters. The predicted molar refractivity (Wildman–Crippen MR) is 104 cm³/mol. The largest absolute Gasteiger partial charge is 0.360 e. The van der Waals surface area contributed by atoms with Gasteiger partial charge in [0.2, 0.25) is 0 Å². The molecule has 0 radical (unpaired) electrons. The number of H-pyrrole nitrogens is 1. The van der Waals surface area contributed by atoms with Crippen LogP contribution in [0, 0.1) is 13.8 Å². The van der Waals surface area contributed by atoms with E-state index >= 15 is 0 Å². The van der Waals surface area contributed by atoms with Gasteiger partial charge in [-0.25, -0.2) is 4.98 Å². The van der Waals surface area contributed by atoms with E-state index < -0.39 is 0 Å². The van der Waals surface area contributed by atoms with E-state index in [4.69, 9.17) is 4.52 Å². The molecule has 1 aliphatic heterocycles. The third-order valence-corrected chi connectivity index (χ3v) is 5.20. The van der Waals surface area contributed by atoms with Gasteiger partial charge in [-0.15, -0.1) is 0 Å². The monoisotopic (exact) mass is 378 g/mol. The molecule has 1 fully saturated rings. The van der Waals surface area contributed by atoms with E-state index in [1.165, 1.54) is 0 Å². The molecule has 144 valence electrons. The number of piperidine rings is 1. The van der Waals surface area contributed by atoms with E-state index in [1.807, 2.05) is 35.2 Å². The maximum atomic E-state index is 13.2. The quantitative estimate of drug-likeness (QED) is 0.756. The summed E-state index contributed by atoms with van der Waals surface area (Å²) < 4.78 is 5.33. The van der Waals surface area contributed by atoms with Crippen LogP contribution < -0.4 is 5.56 Å². The van der Waals surface area contributed by atoms with Gasteiger partial charge in [0.1, 0.15) is 22.8 Å². The van der Waals surface area contributed by atoms with Gasteiger partial charge in [-0.3, -0.25) is 9.59 Å². The lowest BCUT2D eigenvalue weighted by molar-refractivity contribution is 0.0711. The third kappa shape index (κ3) is 3.47. The van der Waals surface area contributed by atoms with E-state index in [0.29, 0.717) is 35.9 Å². The van der Waals surface area contributed by atoms with Crippen LogP contribution in [0.15, 0.2) is 45.7 Å². The van der Waals surface area contributed by atoms with E-state index in [-0.39, 0.29) is 17.4 Å². The summed E-state index contributed by atoms with van der Waals surface area (Å²) >= 11 is 0. The summed E-state index contributed by atoms with van der Waals surface area (Å²) in [5, 5.41) is 4.11. The minimum atomic E-state index is -0.131. The highest BCUT2D eigenvalue weighted by Gasteiger charge is 2.30. The SMILES string of the molecule is Cc1nc(C2CCN(C(=O)c3c(-c4ccccc4)noc3C)CC2)cc(=O)[nH]1. The average molecular weight is 378 g/mol. The fourth-order valence-corrected chi connectivity index (χ4v) is 3.77. The van der Waals surface area contributed by atoms with E-state index in [9.17, 15) is 9.59 Å². The minimum Gasteiger partial charge on any atom is -0.360 e. The van der Waals surface area contributed by atoms with Gasteiger partial charge in [-0.1, -0.05) is 35.5 Å². The number of rotatable bonds is 3. The molecule has 3 heterocycles. The maximum Gasteiger partial charge on any atom is 0.259 e. The number of likely N-dealkylation sites (tertiary alicyclic amines) is 1. The van der Waals surface area contributed by atoms with Crippen molar-refractivity contribution in [2.45, 2.75) is 32.6 Å². The molecule has 7 nitrogen and oxygen atoms in total. The number of aryl methyl sites for hydroxylation is 2. The molecule has 1 amide bonds. The molecule has 0 atom stereocenters. The second-order valence-electron chi connectivity index (χ2n) is 7.15. The number of carbonyl (C=O) groups is 1. The molecular weight excluding hydrogens is 356 g/mol. The zero-order chi connectivity index (χ0) is 19.7. The van der Waals surface area contributed by atoms with Crippen LogP contribution in [0.2, 0.25) is 0 Å². The highest BCUT2D eigenvalue weighted by molar-refractivity contribution is 6.00. The van der Waals surface area contributed by atoms with E-state index in [0.717, 1.165) is 24.1 Å². The number of nitrogens with one attached hydrogen (secondary N) is 1. The van der Waals surface area contributed by atoms with E-state index in [1.54, 1.807) is 19.9 Å². The van der Waals surface area contributed by atoms with Crippen LogP contribution in [0.1, 0.15) is 46.4 Å². The fraction of sp³-hybridized carbons (Fsp3) is 0.333. The van der Waals surface area contributed by atoms with Crippen LogP contribution in [-0.4, -0.2) is 39.0 Å². The molecule has 1 aromatic carbocycles. The summed E-state index contributed by atoms with van der Waals surface area (Å²) in [6, 6.07) is 11.1. The molecule has 2 aromatic heterocycles. The van der Waals surface area contributed by atoms with Crippen molar-refractivity contribution in [3.63, 3.8) is 0 Å². The van der Waals surface area contributed by atoms with Gasteiger partial charge < -0.3 is 14.4 Å². The molecule has 1 N–H and O–H groups in total. The number of hydrogen-bond donors (Lipinski definition) is 1. The Kier molecular flexibility index (Phi) is 4.81. The van der Waals surface area contributed by atoms with Crippen molar-refractivity contribution in [1.29, 1.82) is 0 Å². The topological polar surface area (TPSA) is 92.1 Å². The normalized spacial score (nSPS) is 15.0. The van der Waals surface area contributed by atoms with Crippen molar-refractivity contribution in [3.8, 4) is 11.3 Å². The predicted octanol–water partition coefficient (Wildman–Crippen LogP) is 3.06. The zero-order valence-electron chi connectivity index (χ0n) is 15.9. The maximum absolute atomic E-state index is 13.2. The first-order chi connectivity index (χ1) is 13.5. The fourth-order valence-electron chi connectivity index (χ4n) is 3.77. The summed E-state index contributed by atoms with van der Waals surface area (Å²) in [5.74, 6) is 1.26. The Balaban J connectivity index is 1.52. The van der Waals surface area contributed by atoms with Crippen molar-refractivity contribution in [1.82, 2.24) is 20.0 Å². The zero-order valence-corrected chi connectivity index (χ0v) is 15.9. The molecule has 28 heavy (non-hydrogen) atoms. The first-order valence-corrected chi connectivity index (χ1v) is 9.42. The van der Waals surface area contributed by atoms with Gasteiger partial charge in [0, 0.05) is 30.6 Å². The number of aromatic amines is 1. The summed E-state index contributed by atoms with van der Waals surface area (Å²) in [4.78, 5) is 33.9. The van der Waals surface area contributed by atoms with Crippen LogP contribution in [-0.2, 0) is 0 Å². The van der Waals surface area contributed by atoms with Crippen molar-refractivity contribution < 1.29 is 9.32 Å². The molecule has 4 rings (SSSR count). The van der Waals surface area contributed by atoms with Gasteiger partial charge in [-0.05, 0) is 26.7 Å². The third-order valence-electron chi connectivity index (χ3n) is 5.20. The van der Waals surface area contributed by atoms with Crippen LogP contribution in [0.5, 0.6) is 0 Å². The Morgan fingerprint density at radius 3 is 2.57 bits per heavy atom. The molecule has 7 heteroatoms. The summed E-state index contributed by atoms with van der Waals surface area (Å²) in [7, 11) is 0. The van der Waals surface area contributed by atoms with Crippen molar-refractivity contribution in [3.05, 3.63) is 69.6 Å². The van der Waals surface area contributed by atoms with Crippen LogP contribution in [0.3, 0.4) is 0 Å². The summed E-state index contributed by atoms with van der Waals surface area (Å²) in [6.07, 6.45) is 1.54. The second-order valence-corrected chi connectivity index (χ2v) is 7.15. The van der Waals surface area contributed by atoms with Gasteiger partial charge in [-0.2, -0.15) is 0 Å². The Morgan fingerprint density at radius 2 is 1.89 bits per heavy atom. The molecule has 0 spiro atoms. The number of benzene rings is 1. The number of aromatic nitrogens is 3. The van der Waals surface area contributed by atoms with Crippen LogP contribution in [0.25, 0.3) is 11.3 Å². The van der Waals surface area contributed by atoms with Gasteiger partial charge in [0.15, 0.2) is 0 Å². The highest BCUT2D eigenvalue weighted by Crippen LogP contribution is 2.30. The summed E-state index contributed by atoms with van der Waals surface area (Å²) in [6.45, 7) is 4.76. The standard InChI is InChI=1S/C21H22N4O3/c1-13-19(20(24-28-13)16-6-4-3-5-7-16)21(27)25-10-8-15(9-11-25)17-12-18(26)23-14(2)22-17/h3-7,12,15H,8-11H2,1-2H3,(H,22,23,26). The second kappa shape index (κ2) is 7.42. The number of nitrogens with zero attached hydrogens (tertiary/aromatic N) is 3. The van der Waals surface area contributed by atoms with Crippen molar-refractivity contribution in [2.75, 3.05) is 13.1 Å². The van der Waals surface area contributed by atoms with E-state index in [2.05, 4.69) is 15.1 Å². The molecule has 0 bridgehead atoms. The number of carbonyl (C=O) groups excluding carboxylic acids is 1. The van der Waals surface area contributed by atoms with Gasteiger partial charge >= 0.3 is 0 Å². The van der Waals surface area contributed by atoms with Gasteiger partial charge in [0.25, 0.3) is 11.5 Å². The smallest absolute Gasteiger partial charge is 0.259 e. The Labute approximate surface area is 162 Å². The molecule has 1 saturated heterocycles. The minimum absolute atomic E-state index is 0.0638. The number of hydrogen-bond acceptors (Lipinski definition) is 5. The molecule has 1 aliphatic rings. The first kappa shape index (κ1) is 18.2. The molecule has 0 aliphatic carbocycles. The van der Waals surface area contributed by atoms with Crippen molar-refractivity contribution in [2.24, 2.45) is 0 Å². The first-order valence-electron chi connectivity index (χ1n) is 9.42. The highest BCUT2D eigenvalue weighted by atomic mass is 16.5. The van der Waals surface area contributed by atoms with Crippen LogP contribution in [0.4, 0.5) is 0 Å². The Bertz CT molecular complexity index is 1050. The lowest BCUT2D eigenvalue weighted by Crippen LogP contribution is -2.38. The lowest BCUT2D eigenvalue weighted by Gasteiger charge is -2.31. The Morgan fingerprint density at radius 1 is 1.18 bits per heavy atom. The average Bonchev–Trinajstić information content (AvgIpc) is 3.09. The number of amides is 1. The Hall–Kier alpha value is -3.22. The summed E-state index contributed by atoms with van der Waals surface area (Å²) in [5.41, 5.74) is 2.64. The van der Waals surface area contributed by atoms with Crippen LogP contribution >= 0.6 is 0 Å². The molecule has 0 saturated carbocycles. The molecular formula is C21H22N4O3. The van der Waals surface area contributed by atoms with Crippen molar-refractivity contribution >= 4 is 5.91 Å². The lowest BCUT2D eigenvalue weighted by atomic mass is 9.92.